The van der Waals surface area contributed by atoms with E-state index in [2.05, 4.69) is 29.4 Å². The number of aromatic nitrogens is 1. The summed E-state index contributed by atoms with van der Waals surface area (Å²) in [4.78, 5) is 4.37. The smallest absolute Gasteiger partial charge is 0.0542 e. The molecule has 2 nitrogen and oxygen atoms in total. The third-order valence-electron chi connectivity index (χ3n) is 2.93. The molecule has 0 aliphatic heterocycles. The van der Waals surface area contributed by atoms with Crippen molar-refractivity contribution in [2.24, 2.45) is 0 Å². The number of pyridine rings is 1. The van der Waals surface area contributed by atoms with Crippen molar-refractivity contribution in [1.29, 1.82) is 0 Å². The predicted molar refractivity (Wildman–Crippen MR) is 75.7 cm³/mol. The first-order valence-electron chi connectivity index (χ1n) is 6.05. The molecule has 1 aromatic carbocycles. The molecule has 0 saturated carbocycles. The normalized spacial score (nSPS) is 12.4. The molecule has 1 N–H and O–H groups in total. The van der Waals surface area contributed by atoms with Gasteiger partial charge in [-0.3, -0.25) is 4.98 Å². The highest BCUT2D eigenvalue weighted by molar-refractivity contribution is 6.30. The van der Waals surface area contributed by atoms with E-state index in [-0.39, 0.29) is 6.04 Å². The molecule has 2 aromatic rings. The summed E-state index contributed by atoms with van der Waals surface area (Å²) in [7, 11) is 0. The van der Waals surface area contributed by atoms with Gasteiger partial charge in [0, 0.05) is 23.8 Å². The van der Waals surface area contributed by atoms with E-state index in [1.165, 1.54) is 11.1 Å². The topological polar surface area (TPSA) is 24.9 Å². The minimum absolute atomic E-state index is 0.283. The van der Waals surface area contributed by atoms with Crippen LogP contribution in [0, 0.1) is 6.92 Å². The van der Waals surface area contributed by atoms with Crippen molar-refractivity contribution >= 4 is 11.6 Å². The average Bonchev–Trinajstić information content (AvgIpc) is 2.38. The Kier molecular flexibility index (Phi) is 4.34. The Bertz CT molecular complexity index is 491. The summed E-state index contributed by atoms with van der Waals surface area (Å²) in [5.74, 6) is 0. The van der Waals surface area contributed by atoms with Crippen molar-refractivity contribution in [1.82, 2.24) is 10.3 Å². The molecule has 1 unspecified atom stereocenters. The van der Waals surface area contributed by atoms with Gasteiger partial charge in [-0.05, 0) is 43.2 Å². The Balaban J connectivity index is 1.93. The van der Waals surface area contributed by atoms with Crippen molar-refractivity contribution in [2.75, 3.05) is 0 Å². The fourth-order valence-corrected chi connectivity index (χ4v) is 1.86. The maximum atomic E-state index is 5.87. The van der Waals surface area contributed by atoms with Gasteiger partial charge in [0.05, 0.1) is 5.69 Å². The van der Waals surface area contributed by atoms with Gasteiger partial charge in [0.15, 0.2) is 0 Å². The molecular formula is C15H17ClN2. The van der Waals surface area contributed by atoms with Gasteiger partial charge >= 0.3 is 0 Å². The summed E-state index contributed by atoms with van der Waals surface area (Å²) >= 11 is 5.87. The van der Waals surface area contributed by atoms with E-state index < -0.39 is 0 Å². The third kappa shape index (κ3) is 3.56. The van der Waals surface area contributed by atoms with Gasteiger partial charge < -0.3 is 5.32 Å². The van der Waals surface area contributed by atoms with Gasteiger partial charge in [-0.15, -0.1) is 0 Å². The monoisotopic (exact) mass is 260 g/mol. The summed E-state index contributed by atoms with van der Waals surface area (Å²) < 4.78 is 0. The number of halogens is 1. The molecule has 3 heteroatoms. The highest BCUT2D eigenvalue weighted by Gasteiger charge is 2.04. The van der Waals surface area contributed by atoms with Crippen LogP contribution in [0.2, 0.25) is 5.02 Å². The second-order valence-electron chi connectivity index (χ2n) is 4.48. The lowest BCUT2D eigenvalue weighted by Crippen LogP contribution is -2.18. The summed E-state index contributed by atoms with van der Waals surface area (Å²) in [6.45, 7) is 4.95. The highest BCUT2D eigenvalue weighted by atomic mass is 35.5. The number of nitrogens with one attached hydrogen (secondary N) is 1. The molecule has 0 aliphatic carbocycles. The number of benzene rings is 1. The van der Waals surface area contributed by atoms with Crippen molar-refractivity contribution in [3.63, 3.8) is 0 Å². The first-order valence-corrected chi connectivity index (χ1v) is 6.43. The zero-order chi connectivity index (χ0) is 13.0. The molecule has 0 radical (unpaired) electrons. The quantitative estimate of drug-likeness (QED) is 0.902. The highest BCUT2D eigenvalue weighted by Crippen LogP contribution is 2.16. The van der Waals surface area contributed by atoms with E-state index in [9.17, 15) is 0 Å². The molecule has 18 heavy (non-hydrogen) atoms. The van der Waals surface area contributed by atoms with Crippen molar-refractivity contribution in [2.45, 2.75) is 26.4 Å². The van der Waals surface area contributed by atoms with E-state index in [0.717, 1.165) is 17.3 Å². The maximum Gasteiger partial charge on any atom is 0.0542 e. The van der Waals surface area contributed by atoms with Crippen LogP contribution in [0.25, 0.3) is 0 Å². The van der Waals surface area contributed by atoms with Crippen LogP contribution >= 0.6 is 11.6 Å². The van der Waals surface area contributed by atoms with Crippen LogP contribution in [0.3, 0.4) is 0 Å². The number of rotatable bonds is 4. The van der Waals surface area contributed by atoms with Crippen LogP contribution < -0.4 is 5.32 Å². The lowest BCUT2D eigenvalue weighted by Gasteiger charge is -2.14. The molecule has 1 aromatic heterocycles. The molecular weight excluding hydrogens is 244 g/mol. The maximum absolute atomic E-state index is 5.87. The van der Waals surface area contributed by atoms with Gasteiger partial charge in [0.25, 0.3) is 0 Å². The zero-order valence-corrected chi connectivity index (χ0v) is 11.4. The standard InChI is InChI=1S/C15H17ClN2/c1-11-3-8-15(18-9-11)10-17-12(2)13-4-6-14(16)7-5-13/h3-9,12,17H,10H2,1-2H3. The van der Waals surface area contributed by atoms with E-state index >= 15 is 0 Å². The number of aryl methyl sites for hydroxylation is 1. The minimum Gasteiger partial charge on any atom is -0.305 e. The van der Waals surface area contributed by atoms with Gasteiger partial charge in [-0.1, -0.05) is 29.8 Å². The van der Waals surface area contributed by atoms with Crippen LogP contribution in [0.15, 0.2) is 42.6 Å². The van der Waals surface area contributed by atoms with Crippen LogP contribution in [0.1, 0.15) is 29.8 Å². The molecule has 1 atom stereocenters. The molecule has 0 fully saturated rings. The SMILES string of the molecule is Cc1ccc(CNC(C)c2ccc(Cl)cc2)nc1. The van der Waals surface area contributed by atoms with Gasteiger partial charge in [0.2, 0.25) is 0 Å². The van der Waals surface area contributed by atoms with E-state index in [4.69, 9.17) is 11.6 Å². The number of hydrogen-bond acceptors (Lipinski definition) is 2. The molecule has 2 rings (SSSR count). The Morgan fingerprint density at radius 1 is 1.17 bits per heavy atom. The largest absolute Gasteiger partial charge is 0.305 e. The van der Waals surface area contributed by atoms with Crippen LogP contribution in [0.4, 0.5) is 0 Å². The van der Waals surface area contributed by atoms with Crippen LogP contribution in [-0.4, -0.2) is 4.98 Å². The van der Waals surface area contributed by atoms with Crippen molar-refractivity contribution in [3.8, 4) is 0 Å². The van der Waals surface area contributed by atoms with Gasteiger partial charge in [0.1, 0.15) is 0 Å². The summed E-state index contributed by atoms with van der Waals surface area (Å²) in [5.41, 5.74) is 3.47. The molecule has 94 valence electrons. The van der Waals surface area contributed by atoms with Crippen molar-refractivity contribution in [3.05, 3.63) is 64.4 Å². The second kappa shape index (κ2) is 5.98. The average molecular weight is 261 g/mol. The summed E-state index contributed by atoms with van der Waals surface area (Å²) in [6, 6.07) is 12.3. The first kappa shape index (κ1) is 13.1. The Morgan fingerprint density at radius 3 is 2.50 bits per heavy atom. The first-order chi connectivity index (χ1) is 8.65. The summed E-state index contributed by atoms with van der Waals surface area (Å²) in [5, 5.41) is 4.22. The predicted octanol–water partition coefficient (Wildman–Crippen LogP) is 3.89. The van der Waals surface area contributed by atoms with E-state index in [0.29, 0.717) is 0 Å². The fraction of sp³-hybridized carbons (Fsp3) is 0.267. The van der Waals surface area contributed by atoms with E-state index in [1.54, 1.807) is 0 Å². The molecule has 0 bridgehead atoms. The second-order valence-corrected chi connectivity index (χ2v) is 4.92. The molecule has 0 spiro atoms. The van der Waals surface area contributed by atoms with Gasteiger partial charge in [-0.25, -0.2) is 0 Å². The molecule has 1 heterocycles. The number of nitrogens with zero attached hydrogens (tertiary/aromatic N) is 1. The van der Waals surface area contributed by atoms with E-state index in [1.807, 2.05) is 37.4 Å². The molecule has 0 amide bonds. The van der Waals surface area contributed by atoms with Gasteiger partial charge in [-0.2, -0.15) is 0 Å². The molecule has 0 saturated heterocycles. The lowest BCUT2D eigenvalue weighted by atomic mass is 10.1. The zero-order valence-electron chi connectivity index (χ0n) is 10.7. The fourth-order valence-electron chi connectivity index (χ4n) is 1.73. The number of hydrogen-bond donors (Lipinski definition) is 1. The Hall–Kier alpha value is -1.38. The lowest BCUT2D eigenvalue weighted by molar-refractivity contribution is 0.567. The van der Waals surface area contributed by atoms with Crippen molar-refractivity contribution < 1.29 is 0 Å². The Labute approximate surface area is 113 Å². The molecule has 0 aliphatic rings. The van der Waals surface area contributed by atoms with Crippen LogP contribution in [-0.2, 0) is 6.54 Å². The minimum atomic E-state index is 0.283. The summed E-state index contributed by atoms with van der Waals surface area (Å²) in [6.07, 6.45) is 1.89. The Morgan fingerprint density at radius 2 is 1.89 bits per heavy atom. The van der Waals surface area contributed by atoms with Crippen LogP contribution in [0.5, 0.6) is 0 Å². The third-order valence-corrected chi connectivity index (χ3v) is 3.18.